The number of hydrogen-bond donors (Lipinski definition) is 1. The van der Waals surface area contributed by atoms with Crippen molar-refractivity contribution in [1.29, 1.82) is 0 Å². The summed E-state index contributed by atoms with van der Waals surface area (Å²) in [4.78, 5) is 6.30. The second-order valence-electron chi connectivity index (χ2n) is 3.92. The van der Waals surface area contributed by atoms with Crippen molar-refractivity contribution in [3.63, 3.8) is 0 Å². The Morgan fingerprint density at radius 2 is 2.25 bits per heavy atom. The number of nitrogen functional groups attached to an aromatic ring is 1. The van der Waals surface area contributed by atoms with Crippen molar-refractivity contribution in [2.75, 3.05) is 30.8 Å². The van der Waals surface area contributed by atoms with Crippen LogP contribution >= 0.6 is 0 Å². The Hall–Kier alpha value is -1.82. The number of aromatic nitrogens is 3. The van der Waals surface area contributed by atoms with Crippen LogP contribution in [0.2, 0.25) is 0 Å². The molecule has 0 spiro atoms. The molecule has 0 aromatic carbocycles. The molecular weight excluding hydrogens is 206 g/mol. The maximum absolute atomic E-state index is 5.53. The fourth-order valence-electron chi connectivity index (χ4n) is 1.87. The molecule has 0 atom stereocenters. The Morgan fingerprint density at radius 1 is 1.44 bits per heavy atom. The van der Waals surface area contributed by atoms with Gasteiger partial charge in [0.2, 0.25) is 5.95 Å². The van der Waals surface area contributed by atoms with Gasteiger partial charge in [0.15, 0.2) is 5.65 Å². The van der Waals surface area contributed by atoms with E-state index in [1.165, 1.54) is 0 Å². The second kappa shape index (κ2) is 3.34. The number of anilines is 2. The van der Waals surface area contributed by atoms with E-state index < -0.39 is 0 Å². The van der Waals surface area contributed by atoms with Crippen LogP contribution < -0.4 is 10.6 Å². The molecule has 3 rings (SSSR count). The standard InChI is InChI=1S/C10H13N5O/c1-16-8-5-14(6-8)7-2-3-9-12-10(11)13-15(9)4-7/h2-4,8H,5-6H2,1H3,(H2,11,13). The van der Waals surface area contributed by atoms with E-state index >= 15 is 0 Å². The zero-order valence-electron chi connectivity index (χ0n) is 9.00. The van der Waals surface area contributed by atoms with Crippen LogP contribution in [-0.4, -0.2) is 40.9 Å². The molecule has 6 nitrogen and oxygen atoms in total. The van der Waals surface area contributed by atoms with Gasteiger partial charge in [0.25, 0.3) is 0 Å². The zero-order valence-corrected chi connectivity index (χ0v) is 9.00. The Morgan fingerprint density at radius 3 is 3.00 bits per heavy atom. The van der Waals surface area contributed by atoms with Gasteiger partial charge < -0.3 is 15.4 Å². The topological polar surface area (TPSA) is 68.7 Å². The van der Waals surface area contributed by atoms with Gasteiger partial charge in [0, 0.05) is 20.2 Å². The molecular formula is C10H13N5O. The molecule has 0 unspecified atom stereocenters. The third-order valence-electron chi connectivity index (χ3n) is 2.88. The number of fused-ring (bicyclic) bond motifs is 1. The van der Waals surface area contributed by atoms with Crippen LogP contribution in [0.5, 0.6) is 0 Å². The minimum Gasteiger partial charge on any atom is -0.378 e. The summed E-state index contributed by atoms with van der Waals surface area (Å²) >= 11 is 0. The third-order valence-corrected chi connectivity index (χ3v) is 2.88. The number of nitrogens with zero attached hydrogens (tertiary/aromatic N) is 4. The number of ether oxygens (including phenoxy) is 1. The van der Waals surface area contributed by atoms with Gasteiger partial charge in [-0.1, -0.05) is 0 Å². The highest BCUT2D eigenvalue weighted by Gasteiger charge is 2.26. The van der Waals surface area contributed by atoms with Gasteiger partial charge in [0.05, 0.1) is 18.0 Å². The van der Waals surface area contributed by atoms with E-state index in [1.807, 2.05) is 18.3 Å². The zero-order chi connectivity index (χ0) is 11.1. The molecule has 3 heterocycles. The molecule has 2 aromatic rings. The maximum Gasteiger partial charge on any atom is 0.240 e. The molecule has 84 valence electrons. The molecule has 0 aliphatic carbocycles. The van der Waals surface area contributed by atoms with Crippen LogP contribution in [0.1, 0.15) is 0 Å². The number of hydrogen-bond acceptors (Lipinski definition) is 5. The van der Waals surface area contributed by atoms with Crippen LogP contribution in [-0.2, 0) is 4.74 Å². The predicted molar refractivity (Wildman–Crippen MR) is 60.4 cm³/mol. The lowest BCUT2D eigenvalue weighted by atomic mass is 10.1. The van der Waals surface area contributed by atoms with E-state index in [2.05, 4.69) is 15.0 Å². The van der Waals surface area contributed by atoms with Crippen molar-refractivity contribution in [3.05, 3.63) is 18.3 Å². The predicted octanol–water partition coefficient (Wildman–Crippen LogP) is 0.146. The summed E-state index contributed by atoms with van der Waals surface area (Å²) in [5, 5.41) is 4.08. The molecule has 1 fully saturated rings. The normalized spacial score (nSPS) is 16.7. The van der Waals surface area contributed by atoms with E-state index in [0.717, 1.165) is 24.4 Å². The smallest absolute Gasteiger partial charge is 0.240 e. The van der Waals surface area contributed by atoms with Crippen molar-refractivity contribution in [1.82, 2.24) is 14.6 Å². The monoisotopic (exact) mass is 219 g/mol. The number of rotatable bonds is 2. The van der Waals surface area contributed by atoms with Crippen molar-refractivity contribution < 1.29 is 4.74 Å². The van der Waals surface area contributed by atoms with Crippen molar-refractivity contribution in [2.24, 2.45) is 0 Å². The number of pyridine rings is 1. The van der Waals surface area contributed by atoms with Gasteiger partial charge in [-0.3, -0.25) is 0 Å². The fourth-order valence-corrected chi connectivity index (χ4v) is 1.87. The van der Waals surface area contributed by atoms with Crippen LogP contribution in [0, 0.1) is 0 Å². The molecule has 2 aromatic heterocycles. The molecule has 2 N–H and O–H groups in total. The van der Waals surface area contributed by atoms with Crippen LogP contribution in [0.25, 0.3) is 5.65 Å². The molecule has 0 amide bonds. The van der Waals surface area contributed by atoms with Gasteiger partial charge in [0.1, 0.15) is 0 Å². The van der Waals surface area contributed by atoms with Crippen molar-refractivity contribution in [2.45, 2.75) is 6.10 Å². The summed E-state index contributed by atoms with van der Waals surface area (Å²) in [6, 6.07) is 3.94. The summed E-state index contributed by atoms with van der Waals surface area (Å²) in [6.07, 6.45) is 2.28. The van der Waals surface area contributed by atoms with E-state index in [0.29, 0.717) is 12.1 Å². The lowest BCUT2D eigenvalue weighted by Crippen LogP contribution is -2.51. The summed E-state index contributed by atoms with van der Waals surface area (Å²) < 4.78 is 6.93. The largest absolute Gasteiger partial charge is 0.378 e. The van der Waals surface area contributed by atoms with Crippen LogP contribution in [0.15, 0.2) is 18.3 Å². The minimum atomic E-state index is 0.301. The summed E-state index contributed by atoms with van der Waals surface area (Å²) in [6.45, 7) is 1.85. The first-order valence-electron chi connectivity index (χ1n) is 5.16. The van der Waals surface area contributed by atoms with Gasteiger partial charge >= 0.3 is 0 Å². The average molecular weight is 219 g/mol. The highest BCUT2D eigenvalue weighted by molar-refractivity contribution is 5.54. The van der Waals surface area contributed by atoms with E-state index in [-0.39, 0.29) is 0 Å². The minimum absolute atomic E-state index is 0.301. The first kappa shape index (κ1) is 9.41. The summed E-state index contributed by atoms with van der Waals surface area (Å²) in [5.41, 5.74) is 7.42. The Balaban J connectivity index is 1.88. The Labute approximate surface area is 92.6 Å². The lowest BCUT2D eigenvalue weighted by molar-refractivity contribution is 0.0787. The van der Waals surface area contributed by atoms with E-state index in [1.54, 1.807) is 11.6 Å². The molecule has 0 bridgehead atoms. The highest BCUT2D eigenvalue weighted by atomic mass is 16.5. The van der Waals surface area contributed by atoms with Gasteiger partial charge in [-0.15, -0.1) is 5.10 Å². The fraction of sp³-hybridized carbons (Fsp3) is 0.400. The van der Waals surface area contributed by atoms with Crippen LogP contribution in [0.3, 0.4) is 0 Å². The van der Waals surface area contributed by atoms with Crippen LogP contribution in [0.4, 0.5) is 11.6 Å². The number of methoxy groups -OCH3 is 1. The van der Waals surface area contributed by atoms with E-state index in [4.69, 9.17) is 10.5 Å². The Bertz CT molecular complexity index is 517. The third kappa shape index (κ3) is 1.38. The van der Waals surface area contributed by atoms with Gasteiger partial charge in [-0.05, 0) is 12.1 Å². The highest BCUT2D eigenvalue weighted by Crippen LogP contribution is 2.22. The molecule has 0 saturated carbocycles. The summed E-state index contributed by atoms with van der Waals surface area (Å²) in [5.74, 6) is 0.301. The molecule has 1 aliphatic heterocycles. The first-order chi connectivity index (χ1) is 7.76. The van der Waals surface area contributed by atoms with E-state index in [9.17, 15) is 0 Å². The molecule has 16 heavy (non-hydrogen) atoms. The molecule has 6 heteroatoms. The molecule has 1 aliphatic rings. The second-order valence-corrected chi connectivity index (χ2v) is 3.92. The molecule has 0 radical (unpaired) electrons. The van der Waals surface area contributed by atoms with Crippen molar-refractivity contribution >= 4 is 17.3 Å². The molecule has 1 saturated heterocycles. The quantitative estimate of drug-likeness (QED) is 0.778. The average Bonchev–Trinajstić information content (AvgIpc) is 2.55. The Kier molecular flexibility index (Phi) is 1.97. The van der Waals surface area contributed by atoms with Crippen molar-refractivity contribution in [3.8, 4) is 0 Å². The van der Waals surface area contributed by atoms with Gasteiger partial charge in [-0.25, -0.2) is 4.52 Å². The van der Waals surface area contributed by atoms with Gasteiger partial charge in [-0.2, -0.15) is 4.98 Å². The maximum atomic E-state index is 5.53. The lowest BCUT2D eigenvalue weighted by Gasteiger charge is -2.39. The number of nitrogens with two attached hydrogens (primary N) is 1. The first-order valence-corrected chi connectivity index (χ1v) is 5.16. The summed E-state index contributed by atoms with van der Waals surface area (Å²) in [7, 11) is 1.74. The SMILES string of the molecule is COC1CN(c2ccc3nc(N)nn3c2)C1.